The van der Waals surface area contributed by atoms with Gasteiger partial charge in [0.2, 0.25) is 0 Å². The Morgan fingerprint density at radius 1 is 0.889 bits per heavy atom. The fraction of sp³-hybridized carbons (Fsp3) is 0.308. The number of aliphatic hydroxyl groups is 1. The van der Waals surface area contributed by atoms with Crippen LogP contribution in [0.1, 0.15) is 47.1 Å². The standard InChI is InChI=1S/C26H22F7NO2/c27-22-13-18(25(28,29)30)9-10-21(22)24(34-14-23(35)26(31,32)33)17-4-2-6-20(12-17)36-19-5-1-3-16(11-19)15-7-8-15/h1-6,9-13,15,23-24,34-35H,7-8,14H2. The molecule has 1 aliphatic carbocycles. The molecule has 2 N–H and O–H groups in total. The van der Waals surface area contributed by atoms with Gasteiger partial charge in [-0.25, -0.2) is 4.39 Å². The predicted molar refractivity (Wildman–Crippen MR) is 118 cm³/mol. The SMILES string of the molecule is OC(CNC(c1cccc(Oc2cccc(C3CC3)c2)c1)c1ccc(C(F)(F)F)cc1F)C(F)(F)F. The molecule has 0 bridgehead atoms. The molecule has 1 saturated carbocycles. The van der Waals surface area contributed by atoms with Crippen LogP contribution in [0.4, 0.5) is 30.7 Å². The van der Waals surface area contributed by atoms with Crippen molar-refractivity contribution in [1.29, 1.82) is 0 Å². The minimum atomic E-state index is -4.94. The van der Waals surface area contributed by atoms with Crippen LogP contribution in [0, 0.1) is 5.82 Å². The van der Waals surface area contributed by atoms with Gasteiger partial charge in [-0.3, -0.25) is 0 Å². The van der Waals surface area contributed by atoms with E-state index in [0.29, 0.717) is 23.5 Å². The van der Waals surface area contributed by atoms with Gasteiger partial charge >= 0.3 is 12.4 Å². The summed E-state index contributed by atoms with van der Waals surface area (Å²) in [7, 11) is 0. The summed E-state index contributed by atoms with van der Waals surface area (Å²) in [5, 5.41) is 11.9. The first kappa shape index (κ1) is 26.0. The number of rotatable bonds is 8. The monoisotopic (exact) mass is 513 g/mol. The van der Waals surface area contributed by atoms with Crippen LogP contribution in [0.5, 0.6) is 11.5 Å². The number of benzene rings is 3. The Hall–Kier alpha value is -3.11. The summed E-state index contributed by atoms with van der Waals surface area (Å²) < 4.78 is 98.2. The van der Waals surface area contributed by atoms with Crippen LogP contribution in [-0.2, 0) is 6.18 Å². The maximum absolute atomic E-state index is 14.8. The van der Waals surface area contributed by atoms with Gasteiger partial charge in [-0.15, -0.1) is 0 Å². The lowest BCUT2D eigenvalue weighted by molar-refractivity contribution is -0.202. The molecule has 3 aromatic carbocycles. The molecular weight excluding hydrogens is 491 g/mol. The van der Waals surface area contributed by atoms with Gasteiger partial charge < -0.3 is 15.2 Å². The lowest BCUT2D eigenvalue weighted by atomic mass is 9.96. The van der Waals surface area contributed by atoms with E-state index in [0.717, 1.165) is 24.5 Å². The Morgan fingerprint density at radius 3 is 2.17 bits per heavy atom. The maximum atomic E-state index is 14.8. The highest BCUT2D eigenvalue weighted by Crippen LogP contribution is 2.41. The first-order chi connectivity index (χ1) is 16.9. The summed E-state index contributed by atoms with van der Waals surface area (Å²) in [6.45, 7) is -1.01. The van der Waals surface area contributed by atoms with E-state index >= 15 is 0 Å². The Balaban J connectivity index is 1.64. The molecular formula is C26H22F7NO2. The highest BCUT2D eigenvalue weighted by Gasteiger charge is 2.38. The molecule has 0 radical (unpaired) electrons. The van der Waals surface area contributed by atoms with E-state index in [9.17, 15) is 35.8 Å². The van der Waals surface area contributed by atoms with Gasteiger partial charge in [0, 0.05) is 12.1 Å². The van der Waals surface area contributed by atoms with E-state index < -0.39 is 42.4 Å². The smallest absolute Gasteiger partial charge is 0.416 e. The third kappa shape index (κ3) is 6.36. The van der Waals surface area contributed by atoms with Crippen molar-refractivity contribution in [1.82, 2.24) is 5.32 Å². The van der Waals surface area contributed by atoms with Gasteiger partial charge in [-0.2, -0.15) is 26.3 Å². The van der Waals surface area contributed by atoms with Crippen LogP contribution in [0.2, 0.25) is 0 Å². The molecule has 2 atom stereocenters. The van der Waals surface area contributed by atoms with Crippen LogP contribution in [0.3, 0.4) is 0 Å². The number of halogens is 7. The van der Waals surface area contributed by atoms with Crippen molar-refractivity contribution in [3.8, 4) is 11.5 Å². The number of aliphatic hydroxyl groups excluding tert-OH is 1. The fourth-order valence-electron chi connectivity index (χ4n) is 3.83. The molecule has 0 amide bonds. The molecule has 10 heteroatoms. The molecule has 1 fully saturated rings. The summed E-state index contributed by atoms with van der Waals surface area (Å²) >= 11 is 0. The van der Waals surface area contributed by atoms with Crippen molar-refractivity contribution < 1.29 is 40.6 Å². The van der Waals surface area contributed by atoms with Crippen molar-refractivity contribution in [2.24, 2.45) is 0 Å². The van der Waals surface area contributed by atoms with Crippen molar-refractivity contribution in [2.75, 3.05) is 6.54 Å². The van der Waals surface area contributed by atoms with E-state index in [1.807, 2.05) is 18.2 Å². The Bertz CT molecular complexity index is 1210. The van der Waals surface area contributed by atoms with Crippen molar-refractivity contribution in [2.45, 2.75) is 43.3 Å². The van der Waals surface area contributed by atoms with E-state index in [4.69, 9.17) is 4.74 Å². The molecule has 0 aromatic heterocycles. The first-order valence-corrected chi connectivity index (χ1v) is 11.1. The zero-order chi connectivity index (χ0) is 26.1. The van der Waals surface area contributed by atoms with Gasteiger partial charge in [0.1, 0.15) is 17.3 Å². The predicted octanol–water partition coefficient (Wildman–Crippen LogP) is 7.12. The van der Waals surface area contributed by atoms with Crippen molar-refractivity contribution in [3.63, 3.8) is 0 Å². The van der Waals surface area contributed by atoms with Crippen LogP contribution in [-0.4, -0.2) is 23.9 Å². The molecule has 2 unspecified atom stereocenters. The zero-order valence-corrected chi connectivity index (χ0v) is 18.7. The van der Waals surface area contributed by atoms with Crippen LogP contribution in [0.15, 0.2) is 66.7 Å². The average molecular weight is 513 g/mol. The summed E-state index contributed by atoms with van der Waals surface area (Å²) in [4.78, 5) is 0. The fourth-order valence-corrected chi connectivity index (χ4v) is 3.83. The molecule has 36 heavy (non-hydrogen) atoms. The van der Waals surface area contributed by atoms with E-state index in [1.165, 1.54) is 18.2 Å². The molecule has 192 valence electrons. The third-order valence-corrected chi connectivity index (χ3v) is 5.87. The number of nitrogens with one attached hydrogen (secondary N) is 1. The molecule has 3 nitrogen and oxygen atoms in total. The van der Waals surface area contributed by atoms with E-state index in [2.05, 4.69) is 5.32 Å². The molecule has 3 aromatic rings. The third-order valence-electron chi connectivity index (χ3n) is 5.87. The average Bonchev–Trinajstić information content (AvgIpc) is 3.65. The van der Waals surface area contributed by atoms with Gasteiger partial charge in [-0.1, -0.05) is 30.3 Å². The summed E-state index contributed by atoms with van der Waals surface area (Å²) in [6, 6.07) is 14.0. The summed E-state index contributed by atoms with van der Waals surface area (Å²) in [6.07, 6.45) is -10.3. The second-order valence-corrected chi connectivity index (χ2v) is 8.65. The number of ether oxygens (including phenoxy) is 1. The number of hydrogen-bond acceptors (Lipinski definition) is 3. The highest BCUT2D eigenvalue weighted by atomic mass is 19.4. The first-order valence-electron chi connectivity index (χ1n) is 11.1. The molecule has 0 spiro atoms. The summed E-state index contributed by atoms with van der Waals surface area (Å²) in [5.74, 6) is 0.0636. The van der Waals surface area contributed by atoms with Crippen LogP contribution >= 0.6 is 0 Å². The molecule has 4 rings (SSSR count). The van der Waals surface area contributed by atoms with Crippen LogP contribution < -0.4 is 10.1 Å². The Kier molecular flexibility index (Phi) is 7.28. The Labute approximate surface area is 202 Å². The molecule has 0 aliphatic heterocycles. The van der Waals surface area contributed by atoms with E-state index in [-0.39, 0.29) is 17.2 Å². The summed E-state index contributed by atoms with van der Waals surface area (Å²) in [5.41, 5.74) is -0.189. The number of alkyl halides is 6. The van der Waals surface area contributed by atoms with Crippen molar-refractivity contribution >= 4 is 0 Å². The minimum Gasteiger partial charge on any atom is -0.457 e. The van der Waals surface area contributed by atoms with Gasteiger partial charge in [0.15, 0.2) is 6.10 Å². The lowest BCUT2D eigenvalue weighted by Crippen LogP contribution is -2.40. The van der Waals surface area contributed by atoms with E-state index in [1.54, 1.807) is 12.1 Å². The topological polar surface area (TPSA) is 41.5 Å². The molecule has 0 saturated heterocycles. The Morgan fingerprint density at radius 2 is 1.56 bits per heavy atom. The maximum Gasteiger partial charge on any atom is 0.416 e. The van der Waals surface area contributed by atoms with Gasteiger partial charge in [-0.05, 0) is 66.3 Å². The van der Waals surface area contributed by atoms with Gasteiger partial charge in [0.25, 0.3) is 0 Å². The molecule has 0 heterocycles. The highest BCUT2D eigenvalue weighted by molar-refractivity contribution is 5.41. The van der Waals surface area contributed by atoms with Crippen molar-refractivity contribution in [3.05, 3.63) is 94.8 Å². The van der Waals surface area contributed by atoms with Gasteiger partial charge in [0.05, 0.1) is 11.6 Å². The second-order valence-electron chi connectivity index (χ2n) is 8.65. The second kappa shape index (κ2) is 10.1. The normalized spacial score (nSPS) is 16.0. The molecule has 1 aliphatic rings. The quantitative estimate of drug-likeness (QED) is 0.315. The number of hydrogen-bond donors (Lipinski definition) is 2. The van der Waals surface area contributed by atoms with Crippen LogP contribution in [0.25, 0.3) is 0 Å². The largest absolute Gasteiger partial charge is 0.457 e. The zero-order valence-electron chi connectivity index (χ0n) is 18.7. The minimum absolute atomic E-state index is 0.235. The lowest BCUT2D eigenvalue weighted by Gasteiger charge is -2.24.